The van der Waals surface area contributed by atoms with Gasteiger partial charge in [-0.25, -0.2) is 9.78 Å². The number of nitrogens with zero attached hydrogens (tertiary/aromatic N) is 2. The number of benzene rings is 1. The van der Waals surface area contributed by atoms with E-state index in [1.807, 2.05) is 42.6 Å². The number of carbonyl (C=O) groups is 1. The van der Waals surface area contributed by atoms with E-state index in [1.165, 1.54) is 0 Å². The summed E-state index contributed by atoms with van der Waals surface area (Å²) in [6.45, 7) is 4.16. The number of hydrogen-bond acceptors (Lipinski definition) is 4. The molecule has 0 saturated carbocycles. The van der Waals surface area contributed by atoms with E-state index in [4.69, 9.17) is 0 Å². The summed E-state index contributed by atoms with van der Waals surface area (Å²) in [5, 5.41) is 15.1. The van der Waals surface area contributed by atoms with Crippen LogP contribution in [0.1, 0.15) is 31.3 Å². The Bertz CT molecular complexity index is 628. The average Bonchev–Trinajstić information content (AvgIpc) is 3.03. The quantitative estimate of drug-likeness (QED) is 0.852. The number of rotatable bonds is 6. The predicted octanol–water partition coefficient (Wildman–Crippen LogP) is 3.28. The predicted molar refractivity (Wildman–Crippen MR) is 93.4 cm³/mol. The summed E-state index contributed by atoms with van der Waals surface area (Å²) in [5.74, 6) is 0. The SMILES string of the molecule is CC(O)CCN(C)C(=O)NC(C)c1nc(-c2ccccc2)cs1. The molecule has 1 aromatic carbocycles. The number of amides is 2. The van der Waals surface area contributed by atoms with Crippen LogP contribution in [0, 0.1) is 0 Å². The molecule has 6 heteroatoms. The molecule has 124 valence electrons. The fourth-order valence-corrected chi connectivity index (χ4v) is 2.90. The standard InChI is InChI=1S/C17H23N3O2S/c1-12(21)9-10-20(3)17(22)18-13(2)16-19-15(11-23-16)14-7-5-4-6-8-14/h4-8,11-13,21H,9-10H2,1-3H3,(H,18,22). The number of aromatic nitrogens is 1. The van der Waals surface area contributed by atoms with Crippen molar-refractivity contribution in [2.45, 2.75) is 32.4 Å². The van der Waals surface area contributed by atoms with Crippen molar-refractivity contribution in [2.24, 2.45) is 0 Å². The Morgan fingerprint density at radius 2 is 2.04 bits per heavy atom. The van der Waals surface area contributed by atoms with Crippen LogP contribution in [0.15, 0.2) is 35.7 Å². The van der Waals surface area contributed by atoms with Crippen LogP contribution in [0.5, 0.6) is 0 Å². The van der Waals surface area contributed by atoms with Gasteiger partial charge in [0.2, 0.25) is 0 Å². The highest BCUT2D eigenvalue weighted by Gasteiger charge is 2.16. The zero-order valence-electron chi connectivity index (χ0n) is 13.7. The highest BCUT2D eigenvalue weighted by atomic mass is 32.1. The Morgan fingerprint density at radius 1 is 1.35 bits per heavy atom. The number of thiazole rings is 1. The van der Waals surface area contributed by atoms with Crippen LogP contribution in [0.25, 0.3) is 11.3 Å². The van der Waals surface area contributed by atoms with Crippen molar-refractivity contribution in [3.8, 4) is 11.3 Å². The van der Waals surface area contributed by atoms with Gasteiger partial charge in [-0.05, 0) is 20.3 Å². The maximum absolute atomic E-state index is 12.1. The summed E-state index contributed by atoms with van der Waals surface area (Å²) >= 11 is 1.54. The Hall–Kier alpha value is -1.92. The minimum Gasteiger partial charge on any atom is -0.393 e. The fourth-order valence-electron chi connectivity index (χ4n) is 2.07. The molecule has 1 aromatic heterocycles. The fraction of sp³-hybridized carbons (Fsp3) is 0.412. The van der Waals surface area contributed by atoms with E-state index >= 15 is 0 Å². The molecule has 0 aliphatic heterocycles. The molecule has 23 heavy (non-hydrogen) atoms. The largest absolute Gasteiger partial charge is 0.393 e. The molecule has 5 nitrogen and oxygen atoms in total. The van der Waals surface area contributed by atoms with Crippen LogP contribution in [0.3, 0.4) is 0 Å². The zero-order chi connectivity index (χ0) is 16.8. The van der Waals surface area contributed by atoms with Crippen LogP contribution in [-0.4, -0.2) is 40.7 Å². The normalized spacial score (nSPS) is 13.4. The first-order valence-corrected chi connectivity index (χ1v) is 8.56. The molecule has 0 fully saturated rings. The van der Waals surface area contributed by atoms with Gasteiger partial charge in [0.05, 0.1) is 17.8 Å². The number of urea groups is 1. The van der Waals surface area contributed by atoms with Gasteiger partial charge in [0, 0.05) is 24.5 Å². The van der Waals surface area contributed by atoms with Gasteiger partial charge < -0.3 is 15.3 Å². The van der Waals surface area contributed by atoms with Crippen molar-refractivity contribution in [1.29, 1.82) is 0 Å². The lowest BCUT2D eigenvalue weighted by Gasteiger charge is -2.21. The van der Waals surface area contributed by atoms with Crippen LogP contribution >= 0.6 is 11.3 Å². The number of nitrogens with one attached hydrogen (secondary N) is 1. The molecule has 0 spiro atoms. The van der Waals surface area contributed by atoms with E-state index in [0.717, 1.165) is 16.3 Å². The van der Waals surface area contributed by atoms with Crippen molar-refractivity contribution in [3.63, 3.8) is 0 Å². The Kier molecular flexibility index (Phi) is 6.12. The number of aliphatic hydroxyl groups is 1. The summed E-state index contributed by atoms with van der Waals surface area (Å²) in [5.41, 5.74) is 2.00. The van der Waals surface area contributed by atoms with Gasteiger partial charge in [-0.15, -0.1) is 11.3 Å². The second-order valence-electron chi connectivity index (χ2n) is 5.67. The second-order valence-corrected chi connectivity index (χ2v) is 6.56. The highest BCUT2D eigenvalue weighted by molar-refractivity contribution is 7.10. The lowest BCUT2D eigenvalue weighted by molar-refractivity contribution is 0.162. The third-order valence-electron chi connectivity index (χ3n) is 3.53. The summed E-state index contributed by atoms with van der Waals surface area (Å²) in [7, 11) is 1.72. The minimum absolute atomic E-state index is 0.154. The Labute approximate surface area is 141 Å². The molecule has 2 atom stereocenters. The van der Waals surface area contributed by atoms with E-state index in [2.05, 4.69) is 10.3 Å². The monoisotopic (exact) mass is 333 g/mol. The van der Waals surface area contributed by atoms with Gasteiger partial charge in [-0.3, -0.25) is 0 Å². The first kappa shape index (κ1) is 17.4. The minimum atomic E-state index is -0.407. The summed E-state index contributed by atoms with van der Waals surface area (Å²) < 4.78 is 0. The molecule has 2 unspecified atom stereocenters. The number of carbonyl (C=O) groups excluding carboxylic acids is 1. The topological polar surface area (TPSA) is 65.5 Å². The molecule has 2 amide bonds. The van der Waals surface area contributed by atoms with Crippen molar-refractivity contribution >= 4 is 17.4 Å². The molecule has 2 rings (SSSR count). The van der Waals surface area contributed by atoms with E-state index in [0.29, 0.717) is 13.0 Å². The molecule has 2 N–H and O–H groups in total. The van der Waals surface area contributed by atoms with Gasteiger partial charge in [0.1, 0.15) is 5.01 Å². The lowest BCUT2D eigenvalue weighted by atomic mass is 10.2. The van der Waals surface area contributed by atoms with Gasteiger partial charge in [0.15, 0.2) is 0 Å². The summed E-state index contributed by atoms with van der Waals surface area (Å²) in [6.07, 6.45) is 0.156. The molecule has 0 aliphatic rings. The highest BCUT2D eigenvalue weighted by Crippen LogP contribution is 2.25. The van der Waals surface area contributed by atoms with Crippen LogP contribution in [0.4, 0.5) is 4.79 Å². The van der Waals surface area contributed by atoms with Gasteiger partial charge in [-0.1, -0.05) is 30.3 Å². The smallest absolute Gasteiger partial charge is 0.317 e. The van der Waals surface area contributed by atoms with E-state index in [-0.39, 0.29) is 12.1 Å². The Morgan fingerprint density at radius 3 is 2.70 bits per heavy atom. The molecular formula is C17H23N3O2S. The molecule has 2 aromatic rings. The summed E-state index contributed by atoms with van der Waals surface area (Å²) in [6, 6.07) is 9.67. The van der Waals surface area contributed by atoms with E-state index < -0.39 is 6.10 Å². The van der Waals surface area contributed by atoms with Crippen molar-refractivity contribution < 1.29 is 9.90 Å². The molecule has 0 radical (unpaired) electrons. The molecular weight excluding hydrogens is 310 g/mol. The first-order chi connectivity index (χ1) is 11.0. The molecule has 0 bridgehead atoms. The van der Waals surface area contributed by atoms with E-state index in [9.17, 15) is 9.90 Å². The molecule has 1 heterocycles. The van der Waals surface area contributed by atoms with Crippen molar-refractivity contribution in [3.05, 3.63) is 40.7 Å². The molecule has 0 saturated heterocycles. The zero-order valence-corrected chi connectivity index (χ0v) is 14.5. The second kappa shape index (κ2) is 8.08. The van der Waals surface area contributed by atoms with Crippen LogP contribution in [0.2, 0.25) is 0 Å². The van der Waals surface area contributed by atoms with Crippen LogP contribution in [-0.2, 0) is 0 Å². The average molecular weight is 333 g/mol. The third-order valence-corrected chi connectivity index (χ3v) is 4.56. The van der Waals surface area contributed by atoms with Crippen LogP contribution < -0.4 is 5.32 Å². The van der Waals surface area contributed by atoms with Gasteiger partial charge >= 0.3 is 6.03 Å². The van der Waals surface area contributed by atoms with E-state index in [1.54, 1.807) is 30.2 Å². The summed E-state index contributed by atoms with van der Waals surface area (Å²) in [4.78, 5) is 18.3. The van der Waals surface area contributed by atoms with Gasteiger partial charge in [0.25, 0.3) is 0 Å². The lowest BCUT2D eigenvalue weighted by Crippen LogP contribution is -2.39. The number of aliphatic hydroxyl groups excluding tert-OH is 1. The van der Waals surface area contributed by atoms with Crippen molar-refractivity contribution in [2.75, 3.05) is 13.6 Å². The third kappa shape index (κ3) is 5.04. The Balaban J connectivity index is 1.94. The molecule has 0 aliphatic carbocycles. The maximum atomic E-state index is 12.1. The van der Waals surface area contributed by atoms with Crippen molar-refractivity contribution in [1.82, 2.24) is 15.2 Å². The van der Waals surface area contributed by atoms with Gasteiger partial charge in [-0.2, -0.15) is 0 Å². The number of hydrogen-bond donors (Lipinski definition) is 2. The maximum Gasteiger partial charge on any atom is 0.317 e. The first-order valence-electron chi connectivity index (χ1n) is 7.68.